The Labute approximate surface area is 226 Å². The number of ether oxygens (including phenoxy) is 4. The third-order valence-corrected chi connectivity index (χ3v) is 5.91. The quantitative estimate of drug-likeness (QED) is 0.384. The minimum absolute atomic E-state index is 0.00751. The number of methoxy groups -OCH3 is 2. The van der Waals surface area contributed by atoms with Crippen LogP contribution in [0.15, 0.2) is 54.7 Å². The van der Waals surface area contributed by atoms with E-state index in [0.717, 1.165) is 25.9 Å². The summed E-state index contributed by atoms with van der Waals surface area (Å²) in [7, 11) is 2.83. The van der Waals surface area contributed by atoms with E-state index in [-0.39, 0.29) is 40.7 Å². The highest BCUT2D eigenvalue weighted by atomic mass is 16.5. The van der Waals surface area contributed by atoms with Crippen molar-refractivity contribution in [1.82, 2.24) is 14.9 Å². The summed E-state index contributed by atoms with van der Waals surface area (Å²) in [6.07, 6.45) is 3.01. The maximum Gasteiger partial charge on any atom is 0.339 e. The largest absolute Gasteiger partial charge is 0.472 e. The van der Waals surface area contributed by atoms with Crippen LogP contribution in [0.25, 0.3) is 0 Å². The summed E-state index contributed by atoms with van der Waals surface area (Å²) in [6.45, 7) is 3.66. The number of anilines is 1. The van der Waals surface area contributed by atoms with Crippen molar-refractivity contribution in [2.24, 2.45) is 0 Å². The van der Waals surface area contributed by atoms with E-state index in [4.69, 9.17) is 14.2 Å². The number of carbonyl (C=O) groups excluding carboxylic acids is 3. The molecule has 3 heterocycles. The number of nitrogens with zero attached hydrogens (tertiary/aromatic N) is 3. The smallest absolute Gasteiger partial charge is 0.339 e. The maximum absolute atomic E-state index is 13.1. The molecule has 11 nitrogen and oxygen atoms in total. The lowest BCUT2D eigenvalue weighted by molar-refractivity contribution is 0.0600. The fourth-order valence-corrected chi connectivity index (χ4v) is 3.98. The molecular weight excluding hydrogens is 504 g/mol. The standard InChI is InChI=1S/C28H30N4O7/c1-18(17-36-2)38-24-14-21(26(33)30-23-11-8-20(16-29-23)28(35)37-3)15-25(31-24)39-22-9-6-19(7-10-22)27(34)32-12-4-5-13-32/h6-11,14-16,18H,4-5,12-13,17H2,1-3H3,(H,29,30,33)/t18-/m1/s1. The fourth-order valence-electron chi connectivity index (χ4n) is 3.98. The molecule has 0 aliphatic carbocycles. The van der Waals surface area contributed by atoms with Crippen LogP contribution in [0.3, 0.4) is 0 Å². The highest BCUT2D eigenvalue weighted by molar-refractivity contribution is 6.04. The van der Waals surface area contributed by atoms with Gasteiger partial charge in [-0.25, -0.2) is 9.78 Å². The van der Waals surface area contributed by atoms with E-state index < -0.39 is 11.9 Å². The van der Waals surface area contributed by atoms with Gasteiger partial charge in [0.2, 0.25) is 11.8 Å². The van der Waals surface area contributed by atoms with Gasteiger partial charge in [-0.3, -0.25) is 9.59 Å². The summed E-state index contributed by atoms with van der Waals surface area (Å²) < 4.78 is 21.5. The Hall–Kier alpha value is -4.51. The van der Waals surface area contributed by atoms with Crippen LogP contribution in [0.4, 0.5) is 5.82 Å². The van der Waals surface area contributed by atoms with Gasteiger partial charge in [-0.1, -0.05) is 0 Å². The highest BCUT2D eigenvalue weighted by Crippen LogP contribution is 2.26. The van der Waals surface area contributed by atoms with E-state index in [1.165, 1.54) is 37.6 Å². The molecule has 4 rings (SSSR count). The Morgan fingerprint density at radius 2 is 1.64 bits per heavy atom. The molecule has 1 N–H and O–H groups in total. The molecule has 3 aromatic rings. The van der Waals surface area contributed by atoms with Crippen molar-refractivity contribution >= 4 is 23.6 Å². The number of nitrogens with one attached hydrogen (secondary N) is 1. The first kappa shape index (κ1) is 27.5. The van der Waals surface area contributed by atoms with Crippen LogP contribution in [0.1, 0.15) is 50.8 Å². The number of amides is 2. The van der Waals surface area contributed by atoms with Gasteiger partial charge in [0.05, 0.1) is 24.8 Å². The number of aromatic nitrogens is 2. The summed E-state index contributed by atoms with van der Waals surface area (Å²) >= 11 is 0. The summed E-state index contributed by atoms with van der Waals surface area (Å²) in [5.74, 6) is -0.0683. The molecule has 2 aromatic heterocycles. The molecule has 1 aromatic carbocycles. The molecule has 0 bridgehead atoms. The molecule has 39 heavy (non-hydrogen) atoms. The van der Waals surface area contributed by atoms with Crippen LogP contribution in [-0.2, 0) is 9.47 Å². The number of esters is 1. The van der Waals surface area contributed by atoms with E-state index in [1.807, 2.05) is 4.90 Å². The second-order valence-corrected chi connectivity index (χ2v) is 8.92. The zero-order chi connectivity index (χ0) is 27.8. The normalized spacial score (nSPS) is 13.5. The minimum atomic E-state index is -0.531. The van der Waals surface area contributed by atoms with Gasteiger partial charge in [-0.15, -0.1) is 0 Å². The molecule has 11 heteroatoms. The number of rotatable bonds is 10. The molecule has 0 radical (unpaired) electrons. The summed E-state index contributed by atoms with van der Waals surface area (Å²) in [6, 6.07) is 12.7. The van der Waals surface area contributed by atoms with Gasteiger partial charge in [0.1, 0.15) is 17.7 Å². The SMILES string of the molecule is COC[C@@H](C)Oc1cc(C(=O)Nc2ccc(C(=O)OC)cn2)cc(Oc2ccc(C(=O)N3CCCC3)cc2)n1. The van der Waals surface area contributed by atoms with E-state index in [9.17, 15) is 14.4 Å². The van der Waals surface area contributed by atoms with Crippen molar-refractivity contribution < 1.29 is 33.3 Å². The van der Waals surface area contributed by atoms with E-state index in [0.29, 0.717) is 17.9 Å². The van der Waals surface area contributed by atoms with E-state index in [2.05, 4.69) is 20.0 Å². The summed E-state index contributed by atoms with van der Waals surface area (Å²) in [5, 5.41) is 2.68. The van der Waals surface area contributed by atoms with Crippen molar-refractivity contribution in [3.63, 3.8) is 0 Å². The van der Waals surface area contributed by atoms with E-state index >= 15 is 0 Å². The molecule has 0 spiro atoms. The number of carbonyl (C=O) groups is 3. The first-order valence-electron chi connectivity index (χ1n) is 12.5. The lowest BCUT2D eigenvalue weighted by Crippen LogP contribution is -2.27. The third kappa shape index (κ3) is 7.29. The number of likely N-dealkylation sites (tertiary alicyclic amines) is 1. The molecule has 0 unspecified atom stereocenters. The topological polar surface area (TPSA) is 129 Å². The van der Waals surface area contributed by atoms with Gasteiger partial charge < -0.3 is 29.2 Å². The molecule has 1 saturated heterocycles. The monoisotopic (exact) mass is 534 g/mol. The van der Waals surface area contributed by atoms with Gasteiger partial charge >= 0.3 is 5.97 Å². The Morgan fingerprint density at radius 1 is 0.949 bits per heavy atom. The van der Waals surface area contributed by atoms with Crippen molar-refractivity contribution in [2.45, 2.75) is 25.9 Å². The van der Waals surface area contributed by atoms with Crippen molar-refractivity contribution in [3.8, 4) is 17.5 Å². The Kier molecular flexibility index (Phi) is 9.06. The van der Waals surface area contributed by atoms with E-state index in [1.54, 1.807) is 38.3 Å². The summed E-state index contributed by atoms with van der Waals surface area (Å²) in [5.41, 5.74) is 1.04. The highest BCUT2D eigenvalue weighted by Gasteiger charge is 2.20. The van der Waals surface area contributed by atoms with Crippen molar-refractivity contribution in [3.05, 3.63) is 71.4 Å². The van der Waals surface area contributed by atoms with Crippen LogP contribution in [0, 0.1) is 0 Å². The van der Waals surface area contributed by atoms with Crippen LogP contribution >= 0.6 is 0 Å². The predicted octanol–water partition coefficient (Wildman–Crippen LogP) is 3.96. The summed E-state index contributed by atoms with van der Waals surface area (Å²) in [4.78, 5) is 47.6. The maximum atomic E-state index is 13.1. The number of hydrogen-bond donors (Lipinski definition) is 1. The van der Waals surface area contributed by atoms with Gasteiger partial charge in [0, 0.05) is 44.1 Å². The average molecular weight is 535 g/mol. The second-order valence-electron chi connectivity index (χ2n) is 8.92. The number of pyridine rings is 2. The molecule has 2 amide bonds. The lowest BCUT2D eigenvalue weighted by Gasteiger charge is -2.16. The molecular formula is C28H30N4O7. The number of hydrogen-bond acceptors (Lipinski definition) is 9. The molecule has 1 fully saturated rings. The first-order chi connectivity index (χ1) is 18.9. The minimum Gasteiger partial charge on any atom is -0.472 e. The van der Waals surface area contributed by atoms with Gasteiger partial charge in [-0.2, -0.15) is 4.98 Å². The van der Waals surface area contributed by atoms with Crippen molar-refractivity contribution in [2.75, 3.05) is 39.2 Å². The first-order valence-corrected chi connectivity index (χ1v) is 12.5. The molecule has 1 atom stereocenters. The van der Waals surface area contributed by atoms with Crippen molar-refractivity contribution in [1.29, 1.82) is 0 Å². The molecule has 204 valence electrons. The van der Waals surface area contributed by atoms with Gasteiger partial charge in [0.15, 0.2) is 0 Å². The van der Waals surface area contributed by atoms with Gasteiger partial charge in [0.25, 0.3) is 11.8 Å². The van der Waals surface area contributed by atoms with Gasteiger partial charge in [-0.05, 0) is 56.2 Å². The number of benzene rings is 1. The zero-order valence-corrected chi connectivity index (χ0v) is 22.0. The van der Waals surface area contributed by atoms with Crippen LogP contribution < -0.4 is 14.8 Å². The predicted molar refractivity (Wildman–Crippen MR) is 141 cm³/mol. The fraction of sp³-hybridized carbons (Fsp3) is 0.321. The Morgan fingerprint density at radius 3 is 2.28 bits per heavy atom. The van der Waals surface area contributed by atoms with Crippen LogP contribution in [-0.4, -0.2) is 72.7 Å². The molecule has 0 saturated carbocycles. The third-order valence-electron chi connectivity index (χ3n) is 5.91. The Bertz CT molecular complexity index is 1310. The Balaban J connectivity index is 1.52. The van der Waals surface area contributed by atoms with Crippen LogP contribution in [0.5, 0.6) is 17.5 Å². The molecule has 1 aliphatic rings. The lowest BCUT2D eigenvalue weighted by atomic mass is 10.2. The average Bonchev–Trinajstić information content (AvgIpc) is 3.48. The zero-order valence-electron chi connectivity index (χ0n) is 22.0. The van der Waals surface area contributed by atoms with Crippen LogP contribution in [0.2, 0.25) is 0 Å². The second kappa shape index (κ2) is 12.8. The molecule has 1 aliphatic heterocycles.